The quantitative estimate of drug-likeness (QED) is 0.655. The molecule has 0 aliphatic rings. The molecule has 0 bridgehead atoms. The Morgan fingerprint density at radius 2 is 1.12 bits per heavy atom. The summed E-state index contributed by atoms with van der Waals surface area (Å²) in [6.07, 6.45) is 4.79. The maximum Gasteiger partial charge on any atom is -0.00488 e. The van der Waals surface area contributed by atoms with E-state index in [-0.39, 0.29) is 0 Å². The van der Waals surface area contributed by atoms with Crippen LogP contribution in [-0.2, 0) is 12.8 Å². The van der Waals surface area contributed by atoms with Crippen molar-refractivity contribution in [1.29, 1.82) is 0 Å². The van der Waals surface area contributed by atoms with Crippen molar-refractivity contribution < 1.29 is 0 Å². The Hall–Kier alpha value is -0.860. The first-order chi connectivity index (χ1) is 7.86. The molecule has 1 aromatic rings. The Bertz CT molecular complexity index is 238. The molecule has 16 heavy (non-hydrogen) atoms. The molecule has 0 unspecified atom stereocenters. The molecular formula is C14H24N2. The number of rotatable bonds is 8. The minimum atomic E-state index is 1.10. The Morgan fingerprint density at radius 3 is 1.44 bits per heavy atom. The summed E-state index contributed by atoms with van der Waals surface area (Å²) in [7, 11) is 4.01. The molecule has 1 aromatic carbocycles. The zero-order chi connectivity index (χ0) is 11.6. The highest BCUT2D eigenvalue weighted by atomic mass is 14.8. The van der Waals surface area contributed by atoms with Gasteiger partial charge in [-0.25, -0.2) is 0 Å². The van der Waals surface area contributed by atoms with Crippen LogP contribution in [0.5, 0.6) is 0 Å². The van der Waals surface area contributed by atoms with Crippen LogP contribution in [-0.4, -0.2) is 27.2 Å². The smallest absolute Gasteiger partial charge is 0.00488 e. The van der Waals surface area contributed by atoms with Gasteiger partial charge in [-0.3, -0.25) is 0 Å². The maximum absolute atomic E-state index is 3.18. The SMILES string of the molecule is CNCCCc1ccc(CCCNC)cc1. The van der Waals surface area contributed by atoms with E-state index >= 15 is 0 Å². The van der Waals surface area contributed by atoms with Crippen molar-refractivity contribution in [3.8, 4) is 0 Å². The molecule has 1 rings (SSSR count). The summed E-state index contributed by atoms with van der Waals surface area (Å²) < 4.78 is 0. The molecule has 0 heterocycles. The first-order valence-electron chi connectivity index (χ1n) is 6.24. The summed E-state index contributed by atoms with van der Waals surface area (Å²) in [6.45, 7) is 2.20. The van der Waals surface area contributed by atoms with E-state index in [0.717, 1.165) is 13.1 Å². The zero-order valence-corrected chi connectivity index (χ0v) is 10.6. The van der Waals surface area contributed by atoms with Gasteiger partial charge in [-0.2, -0.15) is 0 Å². The maximum atomic E-state index is 3.18. The average Bonchev–Trinajstić information content (AvgIpc) is 2.32. The Labute approximate surface area is 99.5 Å². The minimum Gasteiger partial charge on any atom is -0.320 e. The van der Waals surface area contributed by atoms with Crippen molar-refractivity contribution in [1.82, 2.24) is 10.6 Å². The minimum absolute atomic E-state index is 1.10. The van der Waals surface area contributed by atoms with Crippen LogP contribution in [0.1, 0.15) is 24.0 Å². The van der Waals surface area contributed by atoms with E-state index in [1.54, 1.807) is 0 Å². The zero-order valence-electron chi connectivity index (χ0n) is 10.6. The summed E-state index contributed by atoms with van der Waals surface area (Å²) in [5.74, 6) is 0. The van der Waals surface area contributed by atoms with Crippen molar-refractivity contribution in [3.63, 3.8) is 0 Å². The standard InChI is InChI=1S/C14H24N2/c1-15-11-3-5-13-7-9-14(10-8-13)6-4-12-16-2/h7-10,15-16H,3-6,11-12H2,1-2H3. The molecule has 2 N–H and O–H groups in total. The summed E-state index contributed by atoms with van der Waals surface area (Å²) in [4.78, 5) is 0. The lowest BCUT2D eigenvalue weighted by atomic mass is 10.0. The monoisotopic (exact) mass is 220 g/mol. The topological polar surface area (TPSA) is 24.1 Å². The van der Waals surface area contributed by atoms with Crippen LogP contribution < -0.4 is 10.6 Å². The second-order valence-electron chi connectivity index (χ2n) is 4.23. The summed E-state index contributed by atoms with van der Waals surface area (Å²) >= 11 is 0. The number of aryl methyl sites for hydroxylation is 2. The first-order valence-corrected chi connectivity index (χ1v) is 6.24. The van der Waals surface area contributed by atoms with Crippen molar-refractivity contribution in [2.24, 2.45) is 0 Å². The largest absolute Gasteiger partial charge is 0.320 e. The Kier molecular flexibility index (Phi) is 6.86. The van der Waals surface area contributed by atoms with Crippen LogP contribution in [0.4, 0.5) is 0 Å². The third-order valence-corrected chi connectivity index (χ3v) is 2.81. The molecule has 90 valence electrons. The van der Waals surface area contributed by atoms with Gasteiger partial charge in [0.1, 0.15) is 0 Å². The highest BCUT2D eigenvalue weighted by Crippen LogP contribution is 2.08. The van der Waals surface area contributed by atoms with Gasteiger partial charge < -0.3 is 10.6 Å². The molecule has 0 aromatic heterocycles. The molecule has 0 atom stereocenters. The van der Waals surface area contributed by atoms with Gasteiger partial charge in [0.2, 0.25) is 0 Å². The van der Waals surface area contributed by atoms with Crippen LogP contribution in [0.15, 0.2) is 24.3 Å². The molecule has 2 nitrogen and oxygen atoms in total. The van der Waals surface area contributed by atoms with Crippen molar-refractivity contribution >= 4 is 0 Å². The van der Waals surface area contributed by atoms with E-state index in [4.69, 9.17) is 0 Å². The van der Waals surface area contributed by atoms with Crippen LogP contribution in [0.3, 0.4) is 0 Å². The lowest BCUT2D eigenvalue weighted by Crippen LogP contribution is -2.08. The third kappa shape index (κ3) is 5.29. The fourth-order valence-electron chi connectivity index (χ4n) is 1.81. The predicted molar refractivity (Wildman–Crippen MR) is 70.9 cm³/mol. The van der Waals surface area contributed by atoms with Crippen molar-refractivity contribution in [2.75, 3.05) is 27.2 Å². The van der Waals surface area contributed by atoms with Gasteiger partial charge in [0, 0.05) is 0 Å². The van der Waals surface area contributed by atoms with Crippen molar-refractivity contribution in [3.05, 3.63) is 35.4 Å². The number of hydrogen-bond acceptors (Lipinski definition) is 2. The highest BCUT2D eigenvalue weighted by molar-refractivity contribution is 5.22. The van der Waals surface area contributed by atoms with Crippen LogP contribution in [0.25, 0.3) is 0 Å². The normalized spacial score (nSPS) is 10.6. The van der Waals surface area contributed by atoms with E-state index in [1.165, 1.54) is 36.8 Å². The van der Waals surface area contributed by atoms with Crippen LogP contribution in [0.2, 0.25) is 0 Å². The molecule has 0 fully saturated rings. The van der Waals surface area contributed by atoms with Gasteiger partial charge in [-0.1, -0.05) is 24.3 Å². The number of nitrogens with one attached hydrogen (secondary N) is 2. The molecule has 0 aliphatic heterocycles. The molecule has 0 saturated carbocycles. The third-order valence-electron chi connectivity index (χ3n) is 2.81. The Balaban J connectivity index is 2.30. The molecule has 0 amide bonds. The van der Waals surface area contributed by atoms with Crippen molar-refractivity contribution in [2.45, 2.75) is 25.7 Å². The lowest BCUT2D eigenvalue weighted by molar-refractivity contribution is 0.720. The summed E-state index contributed by atoms with van der Waals surface area (Å²) in [6, 6.07) is 9.07. The molecule has 0 radical (unpaired) electrons. The van der Waals surface area contributed by atoms with Gasteiger partial charge in [0.25, 0.3) is 0 Å². The van der Waals surface area contributed by atoms with E-state index in [1.807, 2.05) is 14.1 Å². The first kappa shape index (κ1) is 13.2. The van der Waals surface area contributed by atoms with Crippen LogP contribution in [0, 0.1) is 0 Å². The fraction of sp³-hybridized carbons (Fsp3) is 0.571. The van der Waals surface area contributed by atoms with E-state index in [0.29, 0.717) is 0 Å². The van der Waals surface area contributed by atoms with Crippen LogP contribution >= 0.6 is 0 Å². The Morgan fingerprint density at radius 1 is 0.750 bits per heavy atom. The molecule has 0 aliphatic carbocycles. The van der Waals surface area contributed by atoms with E-state index in [2.05, 4.69) is 34.9 Å². The van der Waals surface area contributed by atoms with Gasteiger partial charge in [-0.15, -0.1) is 0 Å². The van der Waals surface area contributed by atoms with Gasteiger partial charge in [-0.05, 0) is 64.0 Å². The second kappa shape index (κ2) is 8.31. The molecular weight excluding hydrogens is 196 g/mol. The fourth-order valence-corrected chi connectivity index (χ4v) is 1.81. The summed E-state index contributed by atoms with van der Waals surface area (Å²) in [5, 5.41) is 6.35. The van der Waals surface area contributed by atoms with Gasteiger partial charge >= 0.3 is 0 Å². The van der Waals surface area contributed by atoms with E-state index < -0.39 is 0 Å². The molecule has 0 spiro atoms. The molecule has 2 heteroatoms. The van der Waals surface area contributed by atoms with Gasteiger partial charge in [0.05, 0.1) is 0 Å². The molecule has 0 saturated heterocycles. The number of benzene rings is 1. The van der Waals surface area contributed by atoms with Gasteiger partial charge in [0.15, 0.2) is 0 Å². The second-order valence-corrected chi connectivity index (χ2v) is 4.23. The highest BCUT2D eigenvalue weighted by Gasteiger charge is 1.95. The average molecular weight is 220 g/mol. The lowest BCUT2D eigenvalue weighted by Gasteiger charge is -2.04. The predicted octanol–water partition coefficient (Wildman–Crippen LogP) is 1.99. The number of hydrogen-bond donors (Lipinski definition) is 2. The summed E-state index contributed by atoms with van der Waals surface area (Å²) in [5.41, 5.74) is 2.90. The van der Waals surface area contributed by atoms with E-state index in [9.17, 15) is 0 Å².